The minimum Gasteiger partial charge on any atom is -0.326 e. The monoisotopic (exact) mass is 405 g/mol. The molecule has 0 bridgehead atoms. The summed E-state index contributed by atoms with van der Waals surface area (Å²) in [6.07, 6.45) is 11.5. The van der Waals surface area contributed by atoms with E-state index in [0.29, 0.717) is 36.8 Å². The fourth-order valence-corrected chi connectivity index (χ4v) is 5.01. The number of carbonyl (C=O) groups is 1. The number of amidine groups is 1. The molecule has 1 heterocycles. The van der Waals surface area contributed by atoms with Gasteiger partial charge in [-0.3, -0.25) is 14.5 Å². The second-order valence-corrected chi connectivity index (χ2v) is 9.54. The fraction of sp³-hybridized carbons (Fsp3) is 0.619. The SMILES string of the molecule is O=C(CCC1CCCCC1)Nc1ccc(S(=O)(=O)NC2=NCCCCC2)cc1. The summed E-state index contributed by atoms with van der Waals surface area (Å²) in [6.45, 7) is 0.670. The van der Waals surface area contributed by atoms with Crippen LogP contribution in [0.1, 0.15) is 70.6 Å². The maximum Gasteiger partial charge on any atom is 0.262 e. The molecule has 1 aromatic rings. The van der Waals surface area contributed by atoms with Crippen LogP contribution in [0.15, 0.2) is 34.2 Å². The number of amides is 1. The van der Waals surface area contributed by atoms with Gasteiger partial charge in [0.15, 0.2) is 0 Å². The third kappa shape index (κ3) is 6.33. The number of benzene rings is 1. The summed E-state index contributed by atoms with van der Waals surface area (Å²) >= 11 is 0. The van der Waals surface area contributed by atoms with Crippen LogP contribution in [0.25, 0.3) is 0 Å². The van der Waals surface area contributed by atoms with Crippen LogP contribution in [0.5, 0.6) is 0 Å². The van der Waals surface area contributed by atoms with Gasteiger partial charge in [0.2, 0.25) is 5.91 Å². The van der Waals surface area contributed by atoms with E-state index < -0.39 is 10.0 Å². The number of nitrogens with zero attached hydrogens (tertiary/aromatic N) is 1. The molecule has 2 aliphatic rings. The summed E-state index contributed by atoms with van der Waals surface area (Å²) in [5, 5.41) is 2.87. The standard InChI is InChI=1S/C21H31N3O3S/c25-21(15-10-17-7-3-1-4-8-17)23-18-11-13-19(14-12-18)28(26,27)24-20-9-5-2-6-16-22-20/h11-14,17H,1-10,15-16H2,(H,22,24)(H,23,25). The van der Waals surface area contributed by atoms with E-state index >= 15 is 0 Å². The van der Waals surface area contributed by atoms with Crippen molar-refractivity contribution in [2.45, 2.75) is 75.5 Å². The van der Waals surface area contributed by atoms with Gasteiger partial charge in [0.05, 0.1) is 4.90 Å². The maximum absolute atomic E-state index is 12.5. The van der Waals surface area contributed by atoms with E-state index in [9.17, 15) is 13.2 Å². The first kappa shape index (κ1) is 20.8. The van der Waals surface area contributed by atoms with Crippen molar-refractivity contribution in [3.63, 3.8) is 0 Å². The fourth-order valence-electron chi connectivity index (χ4n) is 3.92. The lowest BCUT2D eigenvalue weighted by Gasteiger charge is -2.21. The van der Waals surface area contributed by atoms with E-state index in [-0.39, 0.29) is 10.8 Å². The zero-order chi connectivity index (χ0) is 19.8. The molecule has 28 heavy (non-hydrogen) atoms. The van der Waals surface area contributed by atoms with Crippen LogP contribution in [0, 0.1) is 5.92 Å². The maximum atomic E-state index is 12.5. The van der Waals surface area contributed by atoms with Crippen LogP contribution >= 0.6 is 0 Å². The van der Waals surface area contributed by atoms with E-state index in [4.69, 9.17) is 0 Å². The van der Waals surface area contributed by atoms with Gasteiger partial charge in [0.25, 0.3) is 10.0 Å². The number of hydrogen-bond donors (Lipinski definition) is 2. The minimum absolute atomic E-state index is 0.00730. The summed E-state index contributed by atoms with van der Waals surface area (Å²) in [6, 6.07) is 6.33. The lowest BCUT2D eigenvalue weighted by Crippen LogP contribution is -2.30. The Morgan fingerprint density at radius 2 is 1.71 bits per heavy atom. The normalized spacial score (nSPS) is 18.8. The average molecular weight is 406 g/mol. The van der Waals surface area contributed by atoms with Crippen LogP contribution in [-0.2, 0) is 14.8 Å². The van der Waals surface area contributed by atoms with Crippen molar-refractivity contribution in [3.8, 4) is 0 Å². The van der Waals surface area contributed by atoms with Gasteiger partial charge in [-0.1, -0.05) is 38.5 Å². The lowest BCUT2D eigenvalue weighted by atomic mass is 9.86. The molecule has 1 aliphatic heterocycles. The van der Waals surface area contributed by atoms with E-state index in [1.54, 1.807) is 12.1 Å². The Kier molecular flexibility index (Phi) is 7.48. The summed E-state index contributed by atoms with van der Waals surface area (Å²) < 4.78 is 27.7. The highest BCUT2D eigenvalue weighted by molar-refractivity contribution is 7.90. The molecule has 0 unspecified atom stereocenters. The van der Waals surface area contributed by atoms with Gasteiger partial charge in [-0.2, -0.15) is 0 Å². The first-order valence-corrected chi connectivity index (χ1v) is 12.0. The van der Waals surface area contributed by atoms with Gasteiger partial charge in [0, 0.05) is 25.1 Å². The first-order valence-electron chi connectivity index (χ1n) is 10.5. The topological polar surface area (TPSA) is 87.6 Å². The van der Waals surface area contributed by atoms with Crippen molar-refractivity contribution in [1.82, 2.24) is 4.72 Å². The Morgan fingerprint density at radius 3 is 2.46 bits per heavy atom. The van der Waals surface area contributed by atoms with Crippen LogP contribution in [0.4, 0.5) is 5.69 Å². The number of sulfonamides is 1. The Labute approximate surface area is 168 Å². The summed E-state index contributed by atoms with van der Waals surface area (Å²) in [4.78, 5) is 16.7. The Hall–Kier alpha value is -1.89. The molecule has 0 radical (unpaired) electrons. The highest BCUT2D eigenvalue weighted by Gasteiger charge is 2.18. The molecule has 7 heteroatoms. The molecule has 1 aromatic carbocycles. The van der Waals surface area contributed by atoms with Crippen LogP contribution in [0.2, 0.25) is 0 Å². The van der Waals surface area contributed by atoms with E-state index in [1.807, 2.05) is 0 Å². The quantitative estimate of drug-likeness (QED) is 0.742. The van der Waals surface area contributed by atoms with Gasteiger partial charge in [-0.15, -0.1) is 0 Å². The lowest BCUT2D eigenvalue weighted by molar-refractivity contribution is -0.116. The molecule has 0 saturated heterocycles. The second kappa shape index (κ2) is 10.0. The predicted molar refractivity (Wildman–Crippen MR) is 112 cm³/mol. The van der Waals surface area contributed by atoms with E-state index in [0.717, 1.165) is 25.7 Å². The number of aliphatic imine (C=N–C) groups is 1. The number of hydrogen-bond acceptors (Lipinski definition) is 4. The zero-order valence-electron chi connectivity index (χ0n) is 16.5. The molecule has 1 amide bonds. The molecule has 1 saturated carbocycles. The van der Waals surface area contributed by atoms with Gasteiger partial charge >= 0.3 is 0 Å². The number of rotatable bonds is 6. The van der Waals surface area contributed by atoms with Crippen molar-refractivity contribution in [1.29, 1.82) is 0 Å². The molecule has 1 fully saturated rings. The second-order valence-electron chi connectivity index (χ2n) is 7.86. The molecule has 154 valence electrons. The third-order valence-corrected chi connectivity index (χ3v) is 6.98. The smallest absolute Gasteiger partial charge is 0.262 e. The van der Waals surface area contributed by atoms with Crippen LogP contribution in [0.3, 0.4) is 0 Å². The summed E-state index contributed by atoms with van der Waals surface area (Å²) in [5.41, 5.74) is 0.624. The van der Waals surface area contributed by atoms with Gasteiger partial charge in [-0.25, -0.2) is 8.42 Å². The molecule has 6 nitrogen and oxygen atoms in total. The highest BCUT2D eigenvalue weighted by atomic mass is 32.2. The molecule has 1 aliphatic carbocycles. The van der Waals surface area contributed by atoms with Crippen molar-refractivity contribution < 1.29 is 13.2 Å². The van der Waals surface area contributed by atoms with Crippen LogP contribution in [-0.4, -0.2) is 26.7 Å². The first-order chi connectivity index (χ1) is 13.5. The largest absolute Gasteiger partial charge is 0.326 e. The van der Waals surface area contributed by atoms with Crippen molar-refractivity contribution in [2.75, 3.05) is 11.9 Å². The van der Waals surface area contributed by atoms with Crippen molar-refractivity contribution >= 4 is 27.5 Å². The van der Waals surface area contributed by atoms with Gasteiger partial charge < -0.3 is 5.32 Å². The molecule has 2 N–H and O–H groups in total. The number of carbonyl (C=O) groups excluding carboxylic acids is 1. The zero-order valence-corrected chi connectivity index (χ0v) is 17.3. The molecule has 0 atom stereocenters. The van der Waals surface area contributed by atoms with Gasteiger partial charge in [-0.05, 0) is 49.4 Å². The molecule has 0 spiro atoms. The Morgan fingerprint density at radius 1 is 1.00 bits per heavy atom. The van der Waals surface area contributed by atoms with E-state index in [2.05, 4.69) is 15.0 Å². The van der Waals surface area contributed by atoms with Crippen molar-refractivity contribution in [3.05, 3.63) is 24.3 Å². The summed E-state index contributed by atoms with van der Waals surface area (Å²) in [7, 11) is -3.64. The molecule has 3 rings (SSSR count). The molecular weight excluding hydrogens is 374 g/mol. The van der Waals surface area contributed by atoms with Gasteiger partial charge in [0.1, 0.15) is 5.84 Å². The molecular formula is C21H31N3O3S. The third-order valence-electron chi connectivity index (χ3n) is 5.58. The molecule has 0 aromatic heterocycles. The number of anilines is 1. The Balaban J connectivity index is 1.51. The minimum atomic E-state index is -3.64. The summed E-state index contributed by atoms with van der Waals surface area (Å²) in [5.74, 6) is 1.20. The van der Waals surface area contributed by atoms with Crippen molar-refractivity contribution in [2.24, 2.45) is 10.9 Å². The van der Waals surface area contributed by atoms with Crippen LogP contribution < -0.4 is 10.0 Å². The predicted octanol–water partition coefficient (Wildman–Crippen LogP) is 4.24. The van der Waals surface area contributed by atoms with E-state index in [1.165, 1.54) is 44.2 Å². The highest BCUT2D eigenvalue weighted by Crippen LogP contribution is 2.27. The average Bonchev–Trinajstić information content (AvgIpc) is 2.96. The Bertz CT molecular complexity index is 782. The number of nitrogens with one attached hydrogen (secondary N) is 2.